The van der Waals surface area contributed by atoms with E-state index < -0.39 is 6.10 Å². The molecule has 0 bridgehead atoms. The SMILES string of the molecule is CC[C@H](O)c1cc2n(n1)CCCN(Cc1ccc(N(C)C)nc1)C2. The van der Waals surface area contributed by atoms with Crippen LogP contribution in [0, 0.1) is 0 Å². The van der Waals surface area contributed by atoms with Crippen molar-refractivity contribution in [3.63, 3.8) is 0 Å². The molecule has 0 saturated heterocycles. The maximum atomic E-state index is 10.0. The fourth-order valence-corrected chi connectivity index (χ4v) is 3.09. The van der Waals surface area contributed by atoms with Crippen LogP contribution < -0.4 is 4.90 Å². The van der Waals surface area contributed by atoms with Crippen molar-refractivity contribution in [1.82, 2.24) is 19.7 Å². The summed E-state index contributed by atoms with van der Waals surface area (Å²) in [6.45, 7) is 5.69. The first-order chi connectivity index (χ1) is 11.6. The van der Waals surface area contributed by atoms with Crippen molar-refractivity contribution < 1.29 is 5.11 Å². The fourth-order valence-electron chi connectivity index (χ4n) is 3.09. The normalized spacial score (nSPS) is 16.5. The molecule has 0 unspecified atom stereocenters. The lowest BCUT2D eigenvalue weighted by atomic mass is 10.2. The van der Waals surface area contributed by atoms with Gasteiger partial charge in [-0.15, -0.1) is 0 Å². The highest BCUT2D eigenvalue weighted by Gasteiger charge is 2.19. The van der Waals surface area contributed by atoms with Gasteiger partial charge in [0.05, 0.1) is 17.5 Å². The van der Waals surface area contributed by atoms with E-state index in [2.05, 4.69) is 37.9 Å². The predicted molar refractivity (Wildman–Crippen MR) is 94.8 cm³/mol. The monoisotopic (exact) mass is 329 g/mol. The molecule has 130 valence electrons. The minimum atomic E-state index is -0.458. The largest absolute Gasteiger partial charge is 0.387 e. The Labute approximate surface area is 143 Å². The van der Waals surface area contributed by atoms with E-state index in [1.54, 1.807) is 0 Å². The number of aliphatic hydroxyl groups is 1. The summed E-state index contributed by atoms with van der Waals surface area (Å²) in [5.41, 5.74) is 3.21. The summed E-state index contributed by atoms with van der Waals surface area (Å²) in [4.78, 5) is 8.93. The molecule has 0 aromatic carbocycles. The summed E-state index contributed by atoms with van der Waals surface area (Å²) in [7, 11) is 4.00. The first-order valence-corrected chi connectivity index (χ1v) is 8.66. The molecule has 0 spiro atoms. The summed E-state index contributed by atoms with van der Waals surface area (Å²) in [5.74, 6) is 0.978. The van der Waals surface area contributed by atoms with Crippen LogP contribution in [0.1, 0.15) is 42.8 Å². The zero-order valence-corrected chi connectivity index (χ0v) is 14.8. The molecule has 0 amide bonds. The van der Waals surface area contributed by atoms with Gasteiger partial charge in [-0.05, 0) is 30.5 Å². The third kappa shape index (κ3) is 3.76. The Bertz CT molecular complexity index is 665. The molecule has 3 rings (SSSR count). The molecule has 0 fully saturated rings. The molecule has 1 aliphatic heterocycles. The van der Waals surface area contributed by atoms with E-state index in [1.165, 1.54) is 11.3 Å². The van der Waals surface area contributed by atoms with Crippen LogP contribution in [-0.4, -0.2) is 45.4 Å². The maximum Gasteiger partial charge on any atom is 0.127 e. The standard InChI is InChI=1S/C18H27N5O/c1-4-17(24)16-10-15-13-22(8-5-9-23(15)20-16)12-14-6-7-18(19-11-14)21(2)3/h6-7,10-11,17,24H,4-5,8-9,12-13H2,1-3H3/t17-/m0/s1. The van der Waals surface area contributed by atoms with Crippen molar-refractivity contribution in [3.8, 4) is 0 Å². The average molecular weight is 329 g/mol. The van der Waals surface area contributed by atoms with Crippen LogP contribution in [0.4, 0.5) is 5.82 Å². The third-order valence-corrected chi connectivity index (χ3v) is 4.51. The maximum absolute atomic E-state index is 10.0. The number of hydrogen-bond acceptors (Lipinski definition) is 5. The Morgan fingerprint density at radius 1 is 1.29 bits per heavy atom. The molecule has 0 aliphatic carbocycles. The van der Waals surface area contributed by atoms with Crippen LogP contribution in [0.15, 0.2) is 24.4 Å². The Hall–Kier alpha value is -1.92. The van der Waals surface area contributed by atoms with Crippen LogP contribution in [0.25, 0.3) is 0 Å². The van der Waals surface area contributed by atoms with Crippen LogP contribution in [0.5, 0.6) is 0 Å². The van der Waals surface area contributed by atoms with E-state index in [-0.39, 0.29) is 0 Å². The molecule has 6 heteroatoms. The summed E-state index contributed by atoms with van der Waals surface area (Å²) in [6, 6.07) is 6.27. The summed E-state index contributed by atoms with van der Waals surface area (Å²) in [6.07, 6.45) is 3.27. The summed E-state index contributed by atoms with van der Waals surface area (Å²) in [5, 5.41) is 14.6. The van der Waals surface area contributed by atoms with Gasteiger partial charge in [0.2, 0.25) is 0 Å². The van der Waals surface area contributed by atoms with E-state index in [9.17, 15) is 5.11 Å². The molecule has 24 heavy (non-hydrogen) atoms. The second-order valence-corrected chi connectivity index (χ2v) is 6.69. The van der Waals surface area contributed by atoms with Crippen LogP contribution in [0.2, 0.25) is 0 Å². The van der Waals surface area contributed by atoms with Gasteiger partial charge in [0.25, 0.3) is 0 Å². The van der Waals surface area contributed by atoms with E-state index in [4.69, 9.17) is 0 Å². The fraction of sp³-hybridized carbons (Fsp3) is 0.556. The molecule has 2 aromatic heterocycles. The summed E-state index contributed by atoms with van der Waals surface area (Å²) < 4.78 is 2.06. The van der Waals surface area contributed by atoms with Crippen molar-refractivity contribution in [2.24, 2.45) is 0 Å². The molecule has 0 radical (unpaired) electrons. The lowest BCUT2D eigenvalue weighted by molar-refractivity contribution is 0.167. The number of fused-ring (bicyclic) bond motifs is 1. The van der Waals surface area contributed by atoms with Crippen molar-refractivity contribution in [2.75, 3.05) is 25.5 Å². The highest BCUT2D eigenvalue weighted by molar-refractivity contribution is 5.37. The van der Waals surface area contributed by atoms with Crippen LogP contribution >= 0.6 is 0 Å². The molecule has 0 saturated carbocycles. The predicted octanol–water partition coefficient (Wildman–Crippen LogP) is 2.19. The van der Waals surface area contributed by atoms with Crippen molar-refractivity contribution >= 4 is 5.82 Å². The van der Waals surface area contributed by atoms with Gasteiger partial charge in [0.15, 0.2) is 0 Å². The topological polar surface area (TPSA) is 57.4 Å². The summed E-state index contributed by atoms with van der Waals surface area (Å²) >= 11 is 0. The molecule has 2 aromatic rings. The third-order valence-electron chi connectivity index (χ3n) is 4.51. The minimum Gasteiger partial charge on any atom is -0.387 e. The van der Waals surface area contributed by atoms with Crippen LogP contribution in [-0.2, 0) is 19.6 Å². The number of rotatable bonds is 5. The number of aromatic nitrogens is 3. The highest BCUT2D eigenvalue weighted by atomic mass is 16.3. The Morgan fingerprint density at radius 2 is 2.12 bits per heavy atom. The first-order valence-electron chi connectivity index (χ1n) is 8.66. The van der Waals surface area contributed by atoms with Gasteiger partial charge >= 0.3 is 0 Å². The molecular weight excluding hydrogens is 302 g/mol. The lowest BCUT2D eigenvalue weighted by Crippen LogP contribution is -2.23. The van der Waals surface area contributed by atoms with E-state index in [1.807, 2.05) is 32.1 Å². The van der Waals surface area contributed by atoms with E-state index >= 15 is 0 Å². The Balaban J connectivity index is 1.70. The minimum absolute atomic E-state index is 0.458. The molecule has 3 heterocycles. The molecule has 1 N–H and O–H groups in total. The quantitative estimate of drug-likeness (QED) is 0.911. The van der Waals surface area contributed by atoms with Gasteiger partial charge in [-0.1, -0.05) is 13.0 Å². The highest BCUT2D eigenvalue weighted by Crippen LogP contribution is 2.21. The van der Waals surface area contributed by atoms with Crippen molar-refractivity contribution in [3.05, 3.63) is 41.3 Å². The Kier molecular flexibility index (Phi) is 5.16. The van der Waals surface area contributed by atoms with Crippen molar-refractivity contribution in [1.29, 1.82) is 0 Å². The van der Waals surface area contributed by atoms with E-state index in [0.717, 1.165) is 44.1 Å². The van der Waals surface area contributed by atoms with Gasteiger partial charge in [-0.25, -0.2) is 4.98 Å². The average Bonchev–Trinajstić information content (AvgIpc) is 2.88. The van der Waals surface area contributed by atoms with Gasteiger partial charge < -0.3 is 10.0 Å². The van der Waals surface area contributed by atoms with Crippen LogP contribution in [0.3, 0.4) is 0 Å². The first kappa shape index (κ1) is 16.9. The zero-order chi connectivity index (χ0) is 17.1. The molecule has 1 aliphatic rings. The van der Waals surface area contributed by atoms with Gasteiger partial charge in [0, 0.05) is 46.5 Å². The molecular formula is C18H27N5O. The second-order valence-electron chi connectivity index (χ2n) is 6.69. The number of anilines is 1. The van der Waals surface area contributed by atoms with Gasteiger partial charge in [0.1, 0.15) is 5.82 Å². The smallest absolute Gasteiger partial charge is 0.127 e. The van der Waals surface area contributed by atoms with Crippen molar-refractivity contribution in [2.45, 2.75) is 45.5 Å². The lowest BCUT2D eigenvalue weighted by Gasteiger charge is -2.20. The molecule has 6 nitrogen and oxygen atoms in total. The zero-order valence-electron chi connectivity index (χ0n) is 14.8. The van der Waals surface area contributed by atoms with Gasteiger partial charge in [-0.3, -0.25) is 9.58 Å². The number of pyridine rings is 1. The van der Waals surface area contributed by atoms with E-state index in [0.29, 0.717) is 6.42 Å². The second kappa shape index (κ2) is 7.32. The number of hydrogen-bond donors (Lipinski definition) is 1. The molecule has 1 atom stereocenters. The van der Waals surface area contributed by atoms with Gasteiger partial charge in [-0.2, -0.15) is 5.10 Å². The number of aryl methyl sites for hydroxylation is 1. The number of nitrogens with zero attached hydrogens (tertiary/aromatic N) is 5. The number of aliphatic hydroxyl groups excluding tert-OH is 1. The Morgan fingerprint density at radius 3 is 2.79 bits per heavy atom.